The van der Waals surface area contributed by atoms with Crippen molar-refractivity contribution in [1.82, 2.24) is 0 Å². The largest absolute Gasteiger partial charge is 2.00 e. The van der Waals surface area contributed by atoms with Crippen LogP contribution in [0.3, 0.4) is 0 Å². The van der Waals surface area contributed by atoms with Gasteiger partial charge in [-0.1, -0.05) is 0 Å². The summed E-state index contributed by atoms with van der Waals surface area (Å²) in [6.45, 7) is 0. The zero-order chi connectivity index (χ0) is 4.50. The standard InChI is InChI=1S/H2O4S.H2O.Th/c1-5(2,3)4;;/h(H2,1,2,3,4);1H2;/q;;+2/p-2. The van der Waals surface area contributed by atoms with Gasteiger partial charge in [-0.25, -0.2) is 0 Å². The molecule has 0 heterocycles. The first-order chi connectivity index (χ1) is 2.00. The van der Waals surface area contributed by atoms with Crippen LogP contribution in [0.2, 0.25) is 0 Å². The molecule has 0 saturated carbocycles. The summed E-state index contributed by atoms with van der Waals surface area (Å²) >= 11 is 0. The third kappa shape index (κ3) is 143. The van der Waals surface area contributed by atoms with Gasteiger partial charge >= 0.3 is 39.9 Å². The van der Waals surface area contributed by atoms with E-state index in [1.54, 1.807) is 0 Å². The minimum absolute atomic E-state index is 0. The van der Waals surface area contributed by atoms with Crippen LogP contribution in [0.15, 0.2) is 0 Å². The molecule has 0 fully saturated rings. The van der Waals surface area contributed by atoms with Crippen molar-refractivity contribution in [3.63, 3.8) is 0 Å². The number of hydrogen-bond donors (Lipinski definition) is 0. The fourth-order valence-electron chi connectivity index (χ4n) is 0. The maximum Gasteiger partial charge on any atom is 2.00 e. The predicted molar refractivity (Wildman–Crippen MR) is 14.1 cm³/mol. The monoisotopic (exact) mass is 346 g/mol. The van der Waals surface area contributed by atoms with Crippen LogP contribution in [0.25, 0.3) is 0 Å². The Hall–Kier alpha value is 1.15. The van der Waals surface area contributed by atoms with Gasteiger partial charge in [-0.2, -0.15) is 0 Å². The van der Waals surface area contributed by atoms with Crippen molar-refractivity contribution in [1.29, 1.82) is 0 Å². The molecule has 0 bridgehead atoms. The molecule has 42 valence electrons. The Bertz CT molecular complexity index is 91.2. The first-order valence-corrected chi connectivity index (χ1v) is 2.00. The molecule has 0 amide bonds. The van der Waals surface area contributed by atoms with Crippen LogP contribution in [0.1, 0.15) is 0 Å². The average Bonchev–Trinajstić information content (AvgIpc) is 0.722. The molecule has 0 aromatic heterocycles. The topological polar surface area (TPSA) is 112 Å². The molecule has 5 nitrogen and oxygen atoms in total. The second-order valence-electron chi connectivity index (χ2n) is 0.408. The van der Waals surface area contributed by atoms with E-state index in [0.717, 1.165) is 0 Å². The number of hydrogen-bond acceptors (Lipinski definition) is 4. The molecular formula is H2O5STh. The van der Waals surface area contributed by atoms with E-state index in [4.69, 9.17) is 17.5 Å². The Morgan fingerprint density at radius 3 is 1.14 bits per heavy atom. The van der Waals surface area contributed by atoms with Gasteiger partial charge in [0.05, 0.1) is 0 Å². The first kappa shape index (κ1) is 15.7. The molecular weight excluding hydrogens is 344 g/mol. The van der Waals surface area contributed by atoms with Gasteiger partial charge in [0, 0.05) is 10.4 Å². The van der Waals surface area contributed by atoms with E-state index in [2.05, 4.69) is 0 Å². The molecule has 0 aliphatic carbocycles. The van der Waals surface area contributed by atoms with E-state index in [1.165, 1.54) is 0 Å². The van der Waals surface area contributed by atoms with E-state index < -0.39 is 10.4 Å². The maximum absolute atomic E-state index is 8.52. The van der Waals surface area contributed by atoms with Crippen LogP contribution in [-0.2, 0) is 10.4 Å². The fraction of sp³-hybridized carbons (Fsp3) is 0. The Balaban J connectivity index is -0.0000000800. The van der Waals surface area contributed by atoms with E-state index in [9.17, 15) is 0 Å². The zero-order valence-electron chi connectivity index (χ0n) is 3.04. The smallest absolute Gasteiger partial charge is 0.759 e. The Morgan fingerprint density at radius 2 is 1.14 bits per heavy atom. The number of rotatable bonds is 0. The van der Waals surface area contributed by atoms with Gasteiger partial charge in [0.2, 0.25) is 0 Å². The van der Waals surface area contributed by atoms with E-state index in [-0.39, 0.29) is 45.4 Å². The van der Waals surface area contributed by atoms with E-state index >= 15 is 0 Å². The first-order valence-electron chi connectivity index (χ1n) is 0.667. The molecule has 0 spiro atoms. The molecule has 7 heavy (non-hydrogen) atoms. The van der Waals surface area contributed by atoms with Crippen molar-refractivity contribution < 1.29 is 62.9 Å². The molecule has 0 radical (unpaired) electrons. The van der Waals surface area contributed by atoms with Gasteiger partial charge in [0.25, 0.3) is 0 Å². The van der Waals surface area contributed by atoms with Crippen molar-refractivity contribution in [3.8, 4) is 0 Å². The Morgan fingerprint density at radius 1 is 1.14 bits per heavy atom. The quantitative estimate of drug-likeness (QED) is 0.367. The van der Waals surface area contributed by atoms with E-state index in [1.807, 2.05) is 0 Å². The minimum atomic E-state index is -5.17. The van der Waals surface area contributed by atoms with Crippen LogP contribution < -0.4 is 0 Å². The van der Waals surface area contributed by atoms with Crippen LogP contribution in [-0.4, -0.2) is 23.0 Å². The van der Waals surface area contributed by atoms with Crippen LogP contribution >= 0.6 is 0 Å². The van der Waals surface area contributed by atoms with Gasteiger partial charge in [-0.3, -0.25) is 8.42 Å². The molecule has 0 atom stereocenters. The predicted octanol–water partition coefficient (Wildman–Crippen LogP) is -2.16. The summed E-state index contributed by atoms with van der Waals surface area (Å²) < 4.78 is 34.1. The van der Waals surface area contributed by atoms with E-state index in [0.29, 0.717) is 0 Å². The summed E-state index contributed by atoms with van der Waals surface area (Å²) in [6, 6.07) is 0. The molecule has 7 heteroatoms. The van der Waals surface area contributed by atoms with Crippen molar-refractivity contribution in [2.75, 3.05) is 0 Å². The van der Waals surface area contributed by atoms with Gasteiger partial charge in [0.15, 0.2) is 0 Å². The minimum Gasteiger partial charge on any atom is -0.759 e. The third-order valence-electron chi connectivity index (χ3n) is 0. The van der Waals surface area contributed by atoms with Crippen LogP contribution in [0.4, 0.5) is 0 Å². The molecule has 0 aliphatic heterocycles. The molecule has 0 unspecified atom stereocenters. The van der Waals surface area contributed by atoms with Crippen molar-refractivity contribution in [2.45, 2.75) is 0 Å². The van der Waals surface area contributed by atoms with Gasteiger partial charge in [-0.15, -0.1) is 0 Å². The van der Waals surface area contributed by atoms with Gasteiger partial charge in [0.1, 0.15) is 0 Å². The summed E-state index contributed by atoms with van der Waals surface area (Å²) in [5, 5.41) is 0. The summed E-state index contributed by atoms with van der Waals surface area (Å²) in [7, 11) is -5.17. The third-order valence-corrected chi connectivity index (χ3v) is 0. The van der Waals surface area contributed by atoms with Crippen molar-refractivity contribution >= 4 is 10.4 Å². The second kappa shape index (κ2) is 5.29. The summed E-state index contributed by atoms with van der Waals surface area (Å²) in [5.74, 6) is 0. The maximum atomic E-state index is 8.52. The normalized spacial score (nSPS) is 8.29. The van der Waals surface area contributed by atoms with Crippen molar-refractivity contribution in [3.05, 3.63) is 0 Å². The molecule has 0 aliphatic rings. The molecule has 2 N–H and O–H groups in total. The summed E-state index contributed by atoms with van der Waals surface area (Å²) in [5.41, 5.74) is 0. The van der Waals surface area contributed by atoms with Crippen LogP contribution in [0.5, 0.6) is 0 Å². The molecule has 0 saturated heterocycles. The molecule has 0 aromatic rings. The van der Waals surface area contributed by atoms with Crippen molar-refractivity contribution in [2.24, 2.45) is 0 Å². The second-order valence-corrected chi connectivity index (χ2v) is 1.22. The summed E-state index contributed by atoms with van der Waals surface area (Å²) in [6.07, 6.45) is 0. The average molecular weight is 346 g/mol. The Labute approximate surface area is 72.7 Å². The SMILES string of the molecule is O.O=S(=O)([O-])[O-].[Th+2]. The zero-order valence-corrected chi connectivity index (χ0v) is 7.97. The van der Waals surface area contributed by atoms with Gasteiger partial charge in [-0.05, 0) is 0 Å². The summed E-state index contributed by atoms with van der Waals surface area (Å²) in [4.78, 5) is 0. The Kier molecular flexibility index (Phi) is 11.9. The van der Waals surface area contributed by atoms with Gasteiger partial charge < -0.3 is 14.6 Å². The molecule has 0 aromatic carbocycles. The molecule has 0 rings (SSSR count). The van der Waals surface area contributed by atoms with Crippen LogP contribution in [0, 0.1) is 39.9 Å². The fourth-order valence-corrected chi connectivity index (χ4v) is 0.